The van der Waals surface area contributed by atoms with Gasteiger partial charge in [0.2, 0.25) is 0 Å². The van der Waals surface area contributed by atoms with Crippen molar-refractivity contribution in [3.05, 3.63) is 64.5 Å². The van der Waals surface area contributed by atoms with Crippen LogP contribution in [-0.2, 0) is 10.8 Å². The minimum absolute atomic E-state index is 0.0584. The zero-order chi connectivity index (χ0) is 19.8. The SMILES string of the molecule is Fc1cc(OC(F)(F)c2c(F)cc(C3CCCCO3)cc2F)cc(F)c1F. The van der Waals surface area contributed by atoms with Gasteiger partial charge in [-0.15, -0.1) is 0 Å². The molecule has 1 heterocycles. The summed E-state index contributed by atoms with van der Waals surface area (Å²) in [7, 11) is 0. The normalized spacial score (nSPS) is 17.8. The van der Waals surface area contributed by atoms with E-state index in [9.17, 15) is 30.7 Å². The van der Waals surface area contributed by atoms with Crippen LogP contribution in [-0.4, -0.2) is 6.61 Å². The van der Waals surface area contributed by atoms with Crippen molar-refractivity contribution in [3.63, 3.8) is 0 Å². The van der Waals surface area contributed by atoms with E-state index in [1.54, 1.807) is 0 Å². The molecule has 1 aliphatic rings. The van der Waals surface area contributed by atoms with Gasteiger partial charge in [0.1, 0.15) is 22.9 Å². The molecule has 0 N–H and O–H groups in total. The lowest BCUT2D eigenvalue weighted by molar-refractivity contribution is -0.189. The molecule has 0 spiro atoms. The number of ether oxygens (including phenoxy) is 2. The van der Waals surface area contributed by atoms with E-state index in [1.807, 2.05) is 0 Å². The Morgan fingerprint density at radius 1 is 0.852 bits per heavy atom. The second-order valence-electron chi connectivity index (χ2n) is 6.03. The van der Waals surface area contributed by atoms with Crippen molar-refractivity contribution in [1.29, 1.82) is 0 Å². The molecule has 27 heavy (non-hydrogen) atoms. The molecule has 1 unspecified atom stereocenters. The number of hydrogen-bond acceptors (Lipinski definition) is 2. The van der Waals surface area contributed by atoms with Gasteiger partial charge in [0, 0.05) is 18.7 Å². The fraction of sp³-hybridized carbons (Fsp3) is 0.333. The molecule has 3 rings (SSSR count). The van der Waals surface area contributed by atoms with Crippen LogP contribution in [0.3, 0.4) is 0 Å². The zero-order valence-electron chi connectivity index (χ0n) is 13.7. The van der Waals surface area contributed by atoms with Crippen molar-refractivity contribution in [1.82, 2.24) is 0 Å². The molecule has 1 aliphatic heterocycles. The number of rotatable bonds is 4. The van der Waals surface area contributed by atoms with Gasteiger partial charge in [-0.05, 0) is 37.0 Å². The lowest BCUT2D eigenvalue weighted by Gasteiger charge is -2.24. The summed E-state index contributed by atoms with van der Waals surface area (Å²) in [6.45, 7) is 0.386. The molecule has 0 radical (unpaired) electrons. The highest BCUT2D eigenvalue weighted by Gasteiger charge is 2.42. The first-order valence-electron chi connectivity index (χ1n) is 8.01. The minimum atomic E-state index is -4.60. The van der Waals surface area contributed by atoms with Gasteiger partial charge in [-0.2, -0.15) is 8.78 Å². The number of halogens is 7. The van der Waals surface area contributed by atoms with Crippen molar-refractivity contribution in [2.75, 3.05) is 6.61 Å². The predicted molar refractivity (Wildman–Crippen MR) is 79.7 cm³/mol. The summed E-state index contributed by atoms with van der Waals surface area (Å²) in [4.78, 5) is 0. The fourth-order valence-electron chi connectivity index (χ4n) is 2.85. The maximum Gasteiger partial charge on any atom is 0.432 e. The van der Waals surface area contributed by atoms with E-state index < -0.39 is 52.6 Å². The largest absolute Gasteiger partial charge is 0.432 e. The summed E-state index contributed by atoms with van der Waals surface area (Å²) >= 11 is 0. The summed E-state index contributed by atoms with van der Waals surface area (Å²) in [5, 5.41) is 0. The summed E-state index contributed by atoms with van der Waals surface area (Å²) in [6.07, 6.45) is -3.19. The van der Waals surface area contributed by atoms with E-state index in [0.717, 1.165) is 12.8 Å². The monoisotopic (exact) mass is 394 g/mol. The molecule has 1 fully saturated rings. The van der Waals surface area contributed by atoms with Gasteiger partial charge in [0.15, 0.2) is 17.5 Å². The van der Waals surface area contributed by atoms with Crippen LogP contribution >= 0.6 is 0 Å². The summed E-state index contributed by atoms with van der Waals surface area (Å²) < 4.78 is 105. The Labute approximate surface area is 149 Å². The quantitative estimate of drug-likeness (QED) is 0.486. The van der Waals surface area contributed by atoms with E-state index in [1.165, 1.54) is 0 Å². The molecule has 0 bridgehead atoms. The Balaban J connectivity index is 1.92. The topological polar surface area (TPSA) is 18.5 Å². The van der Waals surface area contributed by atoms with Gasteiger partial charge in [-0.25, -0.2) is 22.0 Å². The van der Waals surface area contributed by atoms with Gasteiger partial charge in [0.05, 0.1) is 6.10 Å². The standard InChI is InChI=1S/C18H13F7O2/c19-11-5-9(15-3-1-2-4-26-15)6-12(20)16(11)18(24,25)27-10-7-13(21)17(23)14(22)8-10/h5-8,15H,1-4H2. The van der Waals surface area contributed by atoms with Gasteiger partial charge >= 0.3 is 6.11 Å². The van der Waals surface area contributed by atoms with Crippen molar-refractivity contribution in [2.24, 2.45) is 0 Å². The molecule has 1 atom stereocenters. The highest BCUT2D eigenvalue weighted by Crippen LogP contribution is 2.38. The first-order valence-corrected chi connectivity index (χ1v) is 8.01. The Kier molecular flexibility index (Phi) is 5.32. The maximum absolute atomic E-state index is 14.2. The van der Waals surface area contributed by atoms with E-state index in [0.29, 0.717) is 25.2 Å². The van der Waals surface area contributed by atoms with Crippen LogP contribution in [0, 0.1) is 29.1 Å². The first kappa shape index (κ1) is 19.5. The average molecular weight is 394 g/mol. The summed E-state index contributed by atoms with van der Waals surface area (Å²) in [5.41, 5.74) is -1.67. The lowest BCUT2D eigenvalue weighted by atomic mass is 9.99. The van der Waals surface area contributed by atoms with Crippen LogP contribution in [0.2, 0.25) is 0 Å². The smallest absolute Gasteiger partial charge is 0.429 e. The molecule has 2 aromatic rings. The summed E-state index contributed by atoms with van der Waals surface area (Å²) in [5.74, 6) is -9.80. The van der Waals surface area contributed by atoms with Crippen LogP contribution in [0.4, 0.5) is 30.7 Å². The van der Waals surface area contributed by atoms with Crippen LogP contribution in [0.25, 0.3) is 0 Å². The minimum Gasteiger partial charge on any atom is -0.429 e. The Hall–Kier alpha value is -2.29. The average Bonchev–Trinajstić information content (AvgIpc) is 2.59. The molecule has 2 nitrogen and oxygen atoms in total. The third-order valence-electron chi connectivity index (χ3n) is 4.11. The molecule has 146 valence electrons. The van der Waals surface area contributed by atoms with Crippen LogP contribution in [0.1, 0.15) is 36.5 Å². The number of alkyl halides is 2. The van der Waals surface area contributed by atoms with Gasteiger partial charge in [-0.3, -0.25) is 0 Å². The second kappa shape index (κ2) is 7.38. The molecular formula is C18H13F7O2. The van der Waals surface area contributed by atoms with Crippen molar-refractivity contribution in [2.45, 2.75) is 31.5 Å². The Bertz CT molecular complexity index is 802. The second-order valence-corrected chi connectivity index (χ2v) is 6.03. The molecule has 0 aliphatic carbocycles. The fourth-order valence-corrected chi connectivity index (χ4v) is 2.85. The number of benzene rings is 2. The summed E-state index contributed by atoms with van der Waals surface area (Å²) in [6, 6.07) is 1.70. The third kappa shape index (κ3) is 4.02. The zero-order valence-corrected chi connectivity index (χ0v) is 13.7. The van der Waals surface area contributed by atoms with Crippen LogP contribution in [0.15, 0.2) is 24.3 Å². The lowest BCUT2D eigenvalue weighted by Crippen LogP contribution is -2.26. The van der Waals surface area contributed by atoms with E-state index in [-0.39, 0.29) is 17.7 Å². The molecule has 0 aromatic heterocycles. The number of hydrogen-bond donors (Lipinski definition) is 0. The van der Waals surface area contributed by atoms with Gasteiger partial charge in [0.25, 0.3) is 0 Å². The van der Waals surface area contributed by atoms with Crippen LogP contribution < -0.4 is 4.74 Å². The highest BCUT2D eigenvalue weighted by atomic mass is 19.3. The molecule has 2 aromatic carbocycles. The Morgan fingerprint density at radius 2 is 1.44 bits per heavy atom. The molecule has 0 amide bonds. The van der Waals surface area contributed by atoms with Gasteiger partial charge in [-0.1, -0.05) is 0 Å². The van der Waals surface area contributed by atoms with E-state index >= 15 is 0 Å². The third-order valence-corrected chi connectivity index (χ3v) is 4.11. The molecule has 9 heteroatoms. The van der Waals surface area contributed by atoms with E-state index in [2.05, 4.69) is 4.74 Å². The van der Waals surface area contributed by atoms with Crippen molar-refractivity contribution in [3.8, 4) is 5.75 Å². The highest BCUT2D eigenvalue weighted by molar-refractivity contribution is 5.32. The maximum atomic E-state index is 14.2. The first-order chi connectivity index (χ1) is 12.7. The van der Waals surface area contributed by atoms with Crippen LogP contribution in [0.5, 0.6) is 5.75 Å². The van der Waals surface area contributed by atoms with Crippen molar-refractivity contribution >= 4 is 0 Å². The predicted octanol–water partition coefficient (Wildman–Crippen LogP) is 5.75. The molecular weight excluding hydrogens is 381 g/mol. The Morgan fingerprint density at radius 3 is 1.96 bits per heavy atom. The molecule has 0 saturated carbocycles. The van der Waals surface area contributed by atoms with Crippen molar-refractivity contribution < 1.29 is 40.2 Å². The molecule has 1 saturated heterocycles. The van der Waals surface area contributed by atoms with E-state index in [4.69, 9.17) is 4.74 Å². The van der Waals surface area contributed by atoms with Gasteiger partial charge < -0.3 is 9.47 Å².